The minimum atomic E-state index is -0.246. The number of hydrogen-bond donors (Lipinski definition) is 2. The first kappa shape index (κ1) is 22.2. The summed E-state index contributed by atoms with van der Waals surface area (Å²) >= 11 is 0. The van der Waals surface area contributed by atoms with Gasteiger partial charge in [0, 0.05) is 19.1 Å². The summed E-state index contributed by atoms with van der Waals surface area (Å²) in [7, 11) is 0. The molecular weight excluding hydrogens is 357 g/mol. The number of urea groups is 1. The lowest BCUT2D eigenvalue weighted by atomic mass is 9.88. The monoisotopic (exact) mass is 391 g/mol. The van der Waals surface area contributed by atoms with Crippen molar-refractivity contribution in [1.82, 2.24) is 15.5 Å². The molecule has 0 unspecified atom stereocenters. The van der Waals surface area contributed by atoms with Crippen LogP contribution in [0.4, 0.5) is 9.18 Å². The summed E-state index contributed by atoms with van der Waals surface area (Å²) in [5.74, 6) is -0.456. The molecule has 0 aromatic heterocycles. The quantitative estimate of drug-likeness (QED) is 0.680. The number of likely N-dealkylation sites (tertiary alicyclic amines) is 1. The standard InChI is InChI=1S/C22H34FN3O2/c1-5-7-12-24-22(28)26-14-18(21(27)25-16(4)6-2)9-11-20(26)17-8-10-19(23)15(3)13-17/h8,10,13,16,18,20H,5-7,9,11-12,14H2,1-4H3,(H,24,28)(H,25,27)/t16-,18-,20+/m1/s1. The van der Waals surface area contributed by atoms with Gasteiger partial charge in [0.05, 0.1) is 12.0 Å². The second-order valence-electron chi connectivity index (χ2n) is 7.85. The zero-order valence-electron chi connectivity index (χ0n) is 17.6. The van der Waals surface area contributed by atoms with Crippen molar-refractivity contribution in [2.45, 2.75) is 71.9 Å². The van der Waals surface area contributed by atoms with Gasteiger partial charge in [0.1, 0.15) is 5.82 Å². The highest BCUT2D eigenvalue weighted by Gasteiger charge is 2.35. The fraction of sp³-hybridized carbons (Fsp3) is 0.636. The van der Waals surface area contributed by atoms with Crippen molar-refractivity contribution in [2.75, 3.05) is 13.1 Å². The molecule has 0 spiro atoms. The van der Waals surface area contributed by atoms with Gasteiger partial charge >= 0.3 is 6.03 Å². The van der Waals surface area contributed by atoms with Crippen LogP contribution in [-0.2, 0) is 4.79 Å². The van der Waals surface area contributed by atoms with Gasteiger partial charge in [0.2, 0.25) is 5.91 Å². The highest BCUT2D eigenvalue weighted by Crippen LogP contribution is 2.34. The molecule has 1 aromatic carbocycles. The summed E-state index contributed by atoms with van der Waals surface area (Å²) in [4.78, 5) is 27.2. The Morgan fingerprint density at radius 3 is 2.68 bits per heavy atom. The Morgan fingerprint density at radius 1 is 1.29 bits per heavy atom. The number of nitrogens with zero attached hydrogens (tertiary/aromatic N) is 1. The summed E-state index contributed by atoms with van der Waals surface area (Å²) in [6.45, 7) is 8.82. The van der Waals surface area contributed by atoms with E-state index in [1.807, 2.05) is 19.9 Å². The second-order valence-corrected chi connectivity index (χ2v) is 7.85. The topological polar surface area (TPSA) is 61.4 Å². The number of benzene rings is 1. The molecule has 0 aliphatic carbocycles. The van der Waals surface area contributed by atoms with E-state index in [0.717, 1.165) is 24.8 Å². The van der Waals surface area contributed by atoms with Crippen LogP contribution in [0, 0.1) is 18.7 Å². The van der Waals surface area contributed by atoms with E-state index < -0.39 is 0 Å². The summed E-state index contributed by atoms with van der Waals surface area (Å²) in [6.07, 6.45) is 4.18. The lowest BCUT2D eigenvalue weighted by Gasteiger charge is -2.39. The second kappa shape index (κ2) is 10.4. The third-order valence-electron chi connectivity index (χ3n) is 5.59. The average Bonchev–Trinajstić information content (AvgIpc) is 2.69. The Bertz CT molecular complexity index is 680. The van der Waals surface area contributed by atoms with E-state index in [-0.39, 0.29) is 35.8 Å². The number of piperidine rings is 1. The van der Waals surface area contributed by atoms with Gasteiger partial charge in [-0.15, -0.1) is 0 Å². The lowest BCUT2D eigenvalue weighted by Crippen LogP contribution is -2.51. The Kier molecular flexibility index (Phi) is 8.27. The van der Waals surface area contributed by atoms with E-state index in [9.17, 15) is 14.0 Å². The maximum Gasteiger partial charge on any atom is 0.317 e. The number of carbonyl (C=O) groups is 2. The van der Waals surface area contributed by atoms with Crippen molar-refractivity contribution < 1.29 is 14.0 Å². The lowest BCUT2D eigenvalue weighted by molar-refractivity contribution is -0.127. The molecule has 0 bridgehead atoms. The Balaban J connectivity index is 2.18. The number of nitrogens with one attached hydrogen (secondary N) is 2. The molecule has 1 aliphatic rings. The number of carbonyl (C=O) groups excluding carboxylic acids is 2. The minimum Gasteiger partial charge on any atom is -0.353 e. The molecule has 2 N–H and O–H groups in total. The molecule has 3 amide bonds. The number of unbranched alkanes of at least 4 members (excludes halogenated alkanes) is 1. The Labute approximate surface area is 168 Å². The number of hydrogen-bond acceptors (Lipinski definition) is 2. The first-order valence-corrected chi connectivity index (χ1v) is 10.5. The number of halogens is 1. The highest BCUT2D eigenvalue weighted by molar-refractivity contribution is 5.81. The zero-order valence-corrected chi connectivity index (χ0v) is 17.6. The van der Waals surface area contributed by atoms with E-state index in [1.54, 1.807) is 17.9 Å². The molecule has 5 nitrogen and oxygen atoms in total. The smallest absolute Gasteiger partial charge is 0.317 e. The van der Waals surface area contributed by atoms with Gasteiger partial charge in [-0.2, -0.15) is 0 Å². The van der Waals surface area contributed by atoms with Crippen LogP contribution in [0.25, 0.3) is 0 Å². The predicted octanol–water partition coefficient (Wildman–Crippen LogP) is 4.31. The van der Waals surface area contributed by atoms with Crippen LogP contribution in [0.5, 0.6) is 0 Å². The van der Waals surface area contributed by atoms with Crippen molar-refractivity contribution in [3.63, 3.8) is 0 Å². The molecule has 1 fully saturated rings. The van der Waals surface area contributed by atoms with E-state index in [2.05, 4.69) is 17.6 Å². The van der Waals surface area contributed by atoms with E-state index in [1.165, 1.54) is 6.07 Å². The minimum absolute atomic E-state index is 0.00875. The average molecular weight is 392 g/mol. The van der Waals surface area contributed by atoms with Crippen molar-refractivity contribution in [3.05, 3.63) is 35.1 Å². The summed E-state index contributed by atoms with van der Waals surface area (Å²) in [6, 6.07) is 4.84. The molecule has 0 radical (unpaired) electrons. The van der Waals surface area contributed by atoms with Gasteiger partial charge in [-0.05, 0) is 56.7 Å². The maximum atomic E-state index is 13.7. The largest absolute Gasteiger partial charge is 0.353 e. The van der Waals surface area contributed by atoms with Gasteiger partial charge in [0.25, 0.3) is 0 Å². The van der Waals surface area contributed by atoms with Gasteiger partial charge in [0.15, 0.2) is 0 Å². The molecule has 1 heterocycles. The van der Waals surface area contributed by atoms with E-state index >= 15 is 0 Å². The number of amides is 3. The van der Waals surface area contributed by atoms with Crippen LogP contribution in [-0.4, -0.2) is 36.0 Å². The fourth-order valence-corrected chi connectivity index (χ4v) is 3.57. The number of rotatable bonds is 7. The predicted molar refractivity (Wildman–Crippen MR) is 110 cm³/mol. The van der Waals surface area contributed by atoms with Crippen LogP contribution in [0.15, 0.2) is 18.2 Å². The summed E-state index contributed by atoms with van der Waals surface area (Å²) < 4.78 is 13.7. The normalized spacial score (nSPS) is 20.5. The van der Waals surface area contributed by atoms with Crippen LogP contribution >= 0.6 is 0 Å². The van der Waals surface area contributed by atoms with Crippen LogP contribution < -0.4 is 10.6 Å². The summed E-state index contributed by atoms with van der Waals surface area (Å²) in [5, 5.41) is 6.01. The Hall–Kier alpha value is -2.11. The highest BCUT2D eigenvalue weighted by atomic mass is 19.1. The van der Waals surface area contributed by atoms with Crippen molar-refractivity contribution in [2.24, 2.45) is 5.92 Å². The molecule has 3 atom stereocenters. The third kappa shape index (κ3) is 5.69. The first-order valence-electron chi connectivity index (χ1n) is 10.5. The molecule has 2 rings (SSSR count). The van der Waals surface area contributed by atoms with Crippen LogP contribution in [0.1, 0.15) is 70.0 Å². The Morgan fingerprint density at radius 2 is 2.04 bits per heavy atom. The van der Waals surface area contributed by atoms with Crippen LogP contribution in [0.2, 0.25) is 0 Å². The van der Waals surface area contributed by atoms with Gasteiger partial charge in [-0.25, -0.2) is 9.18 Å². The molecular formula is C22H34FN3O2. The third-order valence-corrected chi connectivity index (χ3v) is 5.59. The maximum absolute atomic E-state index is 13.7. The molecule has 6 heteroatoms. The van der Waals surface area contributed by atoms with E-state index in [4.69, 9.17) is 0 Å². The van der Waals surface area contributed by atoms with Gasteiger partial charge < -0.3 is 15.5 Å². The van der Waals surface area contributed by atoms with Gasteiger partial charge in [-0.1, -0.05) is 32.4 Å². The zero-order chi connectivity index (χ0) is 20.7. The number of aryl methyl sites for hydroxylation is 1. The van der Waals surface area contributed by atoms with Crippen molar-refractivity contribution in [1.29, 1.82) is 0 Å². The molecule has 1 aliphatic heterocycles. The van der Waals surface area contributed by atoms with Crippen molar-refractivity contribution in [3.8, 4) is 0 Å². The fourth-order valence-electron chi connectivity index (χ4n) is 3.57. The molecule has 28 heavy (non-hydrogen) atoms. The summed E-state index contributed by atoms with van der Waals surface area (Å²) in [5.41, 5.74) is 1.49. The van der Waals surface area contributed by atoms with E-state index in [0.29, 0.717) is 31.5 Å². The molecule has 1 saturated heterocycles. The molecule has 1 aromatic rings. The first-order chi connectivity index (χ1) is 13.4. The SMILES string of the molecule is CCCCNC(=O)N1C[C@H](C(=O)N[C@H](C)CC)CC[C@H]1c1ccc(F)c(C)c1. The van der Waals surface area contributed by atoms with Crippen LogP contribution in [0.3, 0.4) is 0 Å². The van der Waals surface area contributed by atoms with Crippen molar-refractivity contribution >= 4 is 11.9 Å². The molecule has 0 saturated carbocycles. The molecule has 156 valence electrons. The van der Waals surface area contributed by atoms with Gasteiger partial charge in [-0.3, -0.25) is 4.79 Å².